The molecule has 2 unspecified atom stereocenters. The number of hydrogen-bond acceptors (Lipinski definition) is 2. The Hall–Kier alpha value is -4.56. The summed E-state index contributed by atoms with van der Waals surface area (Å²) < 4.78 is 13.2. The predicted molar refractivity (Wildman–Crippen MR) is 150 cm³/mol. The summed E-state index contributed by atoms with van der Waals surface area (Å²) in [6.45, 7) is 0.512. The van der Waals surface area contributed by atoms with E-state index in [1.54, 1.807) is 0 Å². The number of ether oxygens (including phenoxy) is 2. The fraction of sp³-hybridized carbons (Fsp3) is 0.0857. The molecule has 2 atom stereocenters. The van der Waals surface area contributed by atoms with Crippen LogP contribution in [0.1, 0.15) is 34.3 Å². The van der Waals surface area contributed by atoms with Gasteiger partial charge in [-0.15, -0.1) is 0 Å². The van der Waals surface area contributed by atoms with Gasteiger partial charge < -0.3 is 9.47 Å². The van der Waals surface area contributed by atoms with Gasteiger partial charge in [0.1, 0.15) is 24.2 Å². The van der Waals surface area contributed by atoms with Crippen molar-refractivity contribution in [1.82, 2.24) is 0 Å². The molecule has 1 heterocycles. The summed E-state index contributed by atoms with van der Waals surface area (Å²) in [5.41, 5.74) is 4.86. The van der Waals surface area contributed by atoms with Crippen molar-refractivity contribution < 1.29 is 9.47 Å². The molecule has 0 aromatic heterocycles. The highest BCUT2D eigenvalue weighted by Crippen LogP contribution is 2.52. The van der Waals surface area contributed by atoms with Crippen molar-refractivity contribution >= 4 is 21.5 Å². The topological polar surface area (TPSA) is 18.5 Å². The van der Waals surface area contributed by atoms with Gasteiger partial charge in [-0.1, -0.05) is 115 Å². The van der Waals surface area contributed by atoms with Gasteiger partial charge in [-0.05, 0) is 50.5 Å². The molecule has 0 saturated heterocycles. The smallest absolute Gasteiger partial charge is 0.135 e. The van der Waals surface area contributed by atoms with Gasteiger partial charge in [0.05, 0.1) is 5.92 Å². The molecule has 0 fully saturated rings. The number of benzene rings is 6. The molecule has 37 heavy (non-hydrogen) atoms. The highest BCUT2D eigenvalue weighted by atomic mass is 16.5. The molecule has 178 valence electrons. The van der Waals surface area contributed by atoms with Crippen molar-refractivity contribution in [3.8, 4) is 11.5 Å². The Kier molecular flexibility index (Phi) is 5.36. The fourth-order valence-electron chi connectivity index (χ4n) is 5.66. The normalized spacial score (nSPS) is 16.4. The van der Waals surface area contributed by atoms with Crippen molar-refractivity contribution in [1.29, 1.82) is 0 Å². The van der Waals surface area contributed by atoms with E-state index in [0.29, 0.717) is 6.61 Å². The van der Waals surface area contributed by atoms with Crippen LogP contribution in [0.25, 0.3) is 21.5 Å². The number of fused-ring (bicyclic) bond motifs is 2. The average molecular weight is 479 g/mol. The lowest BCUT2D eigenvalue weighted by Gasteiger charge is -2.35. The first kappa shape index (κ1) is 21.7. The second-order valence-electron chi connectivity index (χ2n) is 9.64. The Balaban J connectivity index is 1.46. The quantitative estimate of drug-likeness (QED) is 0.230. The predicted octanol–water partition coefficient (Wildman–Crippen LogP) is 8.84. The van der Waals surface area contributed by atoms with Crippen LogP contribution in [-0.4, -0.2) is 0 Å². The van der Waals surface area contributed by atoms with Crippen LogP contribution in [0.5, 0.6) is 11.5 Å². The second-order valence-corrected chi connectivity index (χ2v) is 9.64. The van der Waals surface area contributed by atoms with Crippen molar-refractivity contribution in [2.24, 2.45) is 0 Å². The zero-order chi connectivity index (χ0) is 24.6. The van der Waals surface area contributed by atoms with Gasteiger partial charge in [0.15, 0.2) is 0 Å². The molecule has 0 spiro atoms. The van der Waals surface area contributed by atoms with Gasteiger partial charge in [0.25, 0.3) is 0 Å². The molecule has 6 aromatic rings. The average Bonchev–Trinajstić information content (AvgIpc) is 2.97. The van der Waals surface area contributed by atoms with Crippen LogP contribution in [0.2, 0.25) is 0 Å². The number of rotatable bonds is 5. The van der Waals surface area contributed by atoms with E-state index < -0.39 is 0 Å². The Morgan fingerprint density at radius 3 is 2.00 bits per heavy atom. The summed E-state index contributed by atoms with van der Waals surface area (Å²) in [4.78, 5) is 0. The van der Waals surface area contributed by atoms with Gasteiger partial charge in [-0.2, -0.15) is 0 Å². The first-order chi connectivity index (χ1) is 18.3. The molecule has 0 N–H and O–H groups in total. The van der Waals surface area contributed by atoms with Crippen molar-refractivity contribution in [3.05, 3.63) is 156 Å². The minimum atomic E-state index is -0.148. The fourth-order valence-corrected chi connectivity index (χ4v) is 5.66. The molecule has 0 bridgehead atoms. The molecule has 0 amide bonds. The zero-order valence-electron chi connectivity index (χ0n) is 20.4. The first-order valence-electron chi connectivity index (χ1n) is 12.8. The molecule has 6 aromatic carbocycles. The van der Waals surface area contributed by atoms with Crippen molar-refractivity contribution in [3.63, 3.8) is 0 Å². The van der Waals surface area contributed by atoms with E-state index in [4.69, 9.17) is 9.47 Å². The van der Waals surface area contributed by atoms with Gasteiger partial charge in [0.2, 0.25) is 0 Å². The van der Waals surface area contributed by atoms with E-state index in [1.807, 2.05) is 18.2 Å². The molecular formula is C35H26O2. The van der Waals surface area contributed by atoms with Crippen LogP contribution in [0.4, 0.5) is 0 Å². The molecule has 0 radical (unpaired) electrons. The van der Waals surface area contributed by atoms with E-state index in [9.17, 15) is 0 Å². The third kappa shape index (κ3) is 3.91. The Morgan fingerprint density at radius 2 is 1.24 bits per heavy atom. The monoisotopic (exact) mass is 478 g/mol. The highest BCUT2D eigenvalue weighted by Gasteiger charge is 2.35. The summed E-state index contributed by atoms with van der Waals surface area (Å²) in [7, 11) is 0. The van der Waals surface area contributed by atoms with Crippen LogP contribution in [0.15, 0.2) is 133 Å². The molecule has 2 nitrogen and oxygen atoms in total. The van der Waals surface area contributed by atoms with Gasteiger partial charge in [-0.3, -0.25) is 0 Å². The lowest BCUT2D eigenvalue weighted by Crippen LogP contribution is -2.23. The number of hydrogen-bond donors (Lipinski definition) is 0. The summed E-state index contributed by atoms with van der Waals surface area (Å²) in [5.74, 6) is 1.76. The third-order valence-electron chi connectivity index (χ3n) is 7.35. The summed E-state index contributed by atoms with van der Waals surface area (Å²) in [6, 6.07) is 46.8. The zero-order valence-corrected chi connectivity index (χ0v) is 20.4. The van der Waals surface area contributed by atoms with Crippen LogP contribution < -0.4 is 9.47 Å². The Bertz CT molecular complexity index is 1690. The van der Waals surface area contributed by atoms with Crippen LogP contribution in [-0.2, 0) is 6.61 Å². The van der Waals surface area contributed by atoms with E-state index in [1.165, 1.54) is 38.2 Å². The lowest BCUT2D eigenvalue weighted by molar-refractivity contribution is 0.181. The van der Waals surface area contributed by atoms with Crippen molar-refractivity contribution in [2.75, 3.05) is 0 Å². The minimum absolute atomic E-state index is 0.0688. The van der Waals surface area contributed by atoms with Crippen LogP contribution in [0.3, 0.4) is 0 Å². The minimum Gasteiger partial charge on any atom is -0.489 e. The maximum Gasteiger partial charge on any atom is 0.135 e. The molecule has 2 heteroatoms. The SMILES string of the molecule is c1ccc(COc2cc3c4c(cc5ccccc5c4c2)C(c2ccccc2)C(c2ccccc2)O3)cc1. The van der Waals surface area contributed by atoms with E-state index >= 15 is 0 Å². The molecule has 7 rings (SSSR count). The molecule has 1 aliphatic rings. The van der Waals surface area contributed by atoms with Gasteiger partial charge >= 0.3 is 0 Å². The first-order valence-corrected chi connectivity index (χ1v) is 12.8. The Labute approximate surface area is 216 Å². The van der Waals surface area contributed by atoms with Crippen LogP contribution in [0, 0.1) is 0 Å². The molecular weight excluding hydrogens is 452 g/mol. The summed E-state index contributed by atoms with van der Waals surface area (Å²) in [5, 5.41) is 4.78. The largest absolute Gasteiger partial charge is 0.489 e. The van der Waals surface area contributed by atoms with E-state index in [2.05, 4.69) is 115 Å². The van der Waals surface area contributed by atoms with Gasteiger partial charge in [-0.25, -0.2) is 0 Å². The highest BCUT2D eigenvalue weighted by molar-refractivity contribution is 6.12. The maximum absolute atomic E-state index is 6.92. The van der Waals surface area contributed by atoms with Crippen LogP contribution >= 0.6 is 0 Å². The maximum atomic E-state index is 6.92. The standard InChI is InChI=1S/C35H26O2/c1-4-12-24(13-5-1)23-36-28-21-30-29-19-11-10-18-27(29)20-31-33(25-14-6-2-7-15-25)35(26-16-8-3-9-17-26)37-32(22-28)34(30)31/h1-22,33,35H,23H2. The molecule has 1 aliphatic heterocycles. The second kappa shape index (κ2) is 9.15. The molecule has 0 aliphatic carbocycles. The van der Waals surface area contributed by atoms with Crippen molar-refractivity contribution in [2.45, 2.75) is 18.6 Å². The summed E-state index contributed by atoms with van der Waals surface area (Å²) >= 11 is 0. The Morgan fingerprint density at radius 1 is 0.595 bits per heavy atom. The lowest BCUT2D eigenvalue weighted by atomic mass is 9.78. The van der Waals surface area contributed by atoms with Gasteiger partial charge in [0, 0.05) is 11.5 Å². The third-order valence-corrected chi connectivity index (χ3v) is 7.35. The van der Waals surface area contributed by atoms with E-state index in [-0.39, 0.29) is 12.0 Å². The van der Waals surface area contributed by atoms with E-state index in [0.717, 1.165) is 17.1 Å². The summed E-state index contributed by atoms with van der Waals surface area (Å²) in [6.07, 6.45) is -0.148. The molecule has 0 saturated carbocycles.